The van der Waals surface area contributed by atoms with Gasteiger partial charge in [0.1, 0.15) is 11.7 Å². The standard InChI is InChI=1S/C15H21FN2/c1-15(2,12-6-8-13(16)9-7-12)14(17)18-10-4-3-5-11-18/h6-9,17H,3-5,10-11H2,1-2H3. The lowest BCUT2D eigenvalue weighted by molar-refractivity contribution is 0.321. The molecule has 2 rings (SSSR count). The van der Waals surface area contributed by atoms with E-state index in [0.29, 0.717) is 5.84 Å². The number of hydrogen-bond acceptors (Lipinski definition) is 1. The highest BCUT2D eigenvalue weighted by Gasteiger charge is 2.30. The smallest absolute Gasteiger partial charge is 0.123 e. The predicted molar refractivity (Wildman–Crippen MR) is 72.6 cm³/mol. The molecule has 98 valence electrons. The molecule has 1 heterocycles. The van der Waals surface area contributed by atoms with Crippen LogP contribution in [0.1, 0.15) is 38.7 Å². The Morgan fingerprint density at radius 1 is 1.11 bits per heavy atom. The molecule has 1 aliphatic heterocycles. The summed E-state index contributed by atoms with van der Waals surface area (Å²) in [5.41, 5.74) is 0.643. The molecule has 0 radical (unpaired) electrons. The van der Waals surface area contributed by atoms with Crippen molar-refractivity contribution < 1.29 is 4.39 Å². The molecule has 0 bridgehead atoms. The van der Waals surface area contributed by atoms with Crippen molar-refractivity contribution in [3.05, 3.63) is 35.6 Å². The first-order valence-corrected chi connectivity index (χ1v) is 6.62. The molecule has 2 nitrogen and oxygen atoms in total. The Morgan fingerprint density at radius 2 is 1.67 bits per heavy atom. The van der Waals surface area contributed by atoms with Gasteiger partial charge in [-0.3, -0.25) is 5.41 Å². The highest BCUT2D eigenvalue weighted by molar-refractivity contribution is 5.89. The number of piperidine rings is 1. The maximum atomic E-state index is 13.0. The van der Waals surface area contributed by atoms with E-state index in [9.17, 15) is 4.39 Å². The first-order chi connectivity index (χ1) is 8.51. The topological polar surface area (TPSA) is 27.1 Å². The SMILES string of the molecule is CC(C)(C(=N)N1CCCCC1)c1ccc(F)cc1. The number of nitrogens with zero attached hydrogens (tertiary/aromatic N) is 1. The number of benzene rings is 1. The molecule has 0 saturated carbocycles. The molecular formula is C15H21FN2. The normalized spacial score (nSPS) is 16.7. The second kappa shape index (κ2) is 5.09. The summed E-state index contributed by atoms with van der Waals surface area (Å²) in [6.07, 6.45) is 3.60. The molecule has 1 aromatic carbocycles. The molecule has 1 aromatic rings. The second-order valence-electron chi connectivity index (χ2n) is 5.53. The second-order valence-corrected chi connectivity index (χ2v) is 5.53. The number of hydrogen-bond donors (Lipinski definition) is 1. The van der Waals surface area contributed by atoms with Gasteiger partial charge in [-0.25, -0.2) is 4.39 Å². The van der Waals surface area contributed by atoms with E-state index >= 15 is 0 Å². The third-order valence-corrected chi connectivity index (χ3v) is 3.83. The molecule has 0 atom stereocenters. The van der Waals surface area contributed by atoms with E-state index in [0.717, 1.165) is 18.7 Å². The summed E-state index contributed by atoms with van der Waals surface area (Å²) in [4.78, 5) is 2.16. The third kappa shape index (κ3) is 2.55. The van der Waals surface area contributed by atoms with Gasteiger partial charge >= 0.3 is 0 Å². The van der Waals surface area contributed by atoms with Gasteiger partial charge in [-0.05, 0) is 50.8 Å². The molecule has 0 aromatic heterocycles. The van der Waals surface area contributed by atoms with Crippen molar-refractivity contribution in [3.63, 3.8) is 0 Å². The zero-order valence-corrected chi connectivity index (χ0v) is 11.2. The fraction of sp³-hybridized carbons (Fsp3) is 0.533. The van der Waals surface area contributed by atoms with Crippen molar-refractivity contribution in [1.82, 2.24) is 4.90 Å². The first kappa shape index (κ1) is 13.1. The summed E-state index contributed by atoms with van der Waals surface area (Å²) in [6.45, 7) is 6.03. The van der Waals surface area contributed by atoms with Gasteiger partial charge in [0.2, 0.25) is 0 Å². The lowest BCUT2D eigenvalue weighted by Gasteiger charge is -2.37. The molecule has 1 saturated heterocycles. The maximum absolute atomic E-state index is 13.0. The third-order valence-electron chi connectivity index (χ3n) is 3.83. The van der Waals surface area contributed by atoms with Gasteiger partial charge in [-0.15, -0.1) is 0 Å². The predicted octanol–water partition coefficient (Wildman–Crippen LogP) is 3.57. The number of likely N-dealkylation sites (tertiary alicyclic amines) is 1. The molecule has 3 heteroatoms. The summed E-state index contributed by atoms with van der Waals surface area (Å²) in [5.74, 6) is 0.424. The van der Waals surface area contributed by atoms with Crippen LogP contribution in [0.5, 0.6) is 0 Å². The van der Waals surface area contributed by atoms with Crippen LogP contribution >= 0.6 is 0 Å². The van der Waals surface area contributed by atoms with Gasteiger partial charge < -0.3 is 4.90 Å². The molecule has 0 aliphatic carbocycles. The number of halogens is 1. The van der Waals surface area contributed by atoms with E-state index in [2.05, 4.69) is 4.90 Å². The van der Waals surface area contributed by atoms with Gasteiger partial charge in [0, 0.05) is 18.5 Å². The minimum absolute atomic E-state index is 0.223. The molecule has 0 unspecified atom stereocenters. The average Bonchev–Trinajstić information content (AvgIpc) is 2.39. The lowest BCUT2D eigenvalue weighted by atomic mass is 9.82. The Morgan fingerprint density at radius 3 is 2.22 bits per heavy atom. The Bertz CT molecular complexity index is 417. The van der Waals surface area contributed by atoms with Crippen LogP contribution in [0.4, 0.5) is 4.39 Å². The van der Waals surface area contributed by atoms with Gasteiger partial charge in [0.25, 0.3) is 0 Å². The summed E-state index contributed by atoms with van der Waals surface area (Å²) in [5, 5.41) is 8.41. The fourth-order valence-electron chi connectivity index (χ4n) is 2.52. The minimum atomic E-state index is -0.356. The van der Waals surface area contributed by atoms with E-state index in [1.165, 1.54) is 31.4 Å². The van der Waals surface area contributed by atoms with E-state index in [4.69, 9.17) is 5.41 Å². The molecule has 1 N–H and O–H groups in total. The Kier molecular flexibility index (Phi) is 3.69. The molecule has 0 amide bonds. The average molecular weight is 248 g/mol. The molecule has 0 spiro atoms. The van der Waals surface area contributed by atoms with Crippen LogP contribution in [0.15, 0.2) is 24.3 Å². The summed E-state index contributed by atoms with van der Waals surface area (Å²) in [6, 6.07) is 6.52. The summed E-state index contributed by atoms with van der Waals surface area (Å²) >= 11 is 0. The van der Waals surface area contributed by atoms with Gasteiger partial charge in [-0.1, -0.05) is 12.1 Å². The zero-order valence-electron chi connectivity index (χ0n) is 11.2. The number of nitrogens with one attached hydrogen (secondary N) is 1. The van der Waals surface area contributed by atoms with Crippen molar-refractivity contribution in [2.24, 2.45) is 0 Å². The van der Waals surface area contributed by atoms with E-state index in [1.54, 1.807) is 12.1 Å². The van der Waals surface area contributed by atoms with Gasteiger partial charge in [0.05, 0.1) is 0 Å². The van der Waals surface area contributed by atoms with Crippen LogP contribution in [0, 0.1) is 11.2 Å². The van der Waals surface area contributed by atoms with Crippen LogP contribution < -0.4 is 0 Å². The van der Waals surface area contributed by atoms with Crippen molar-refractivity contribution >= 4 is 5.84 Å². The summed E-state index contributed by atoms with van der Waals surface area (Å²) < 4.78 is 13.0. The van der Waals surface area contributed by atoms with E-state index in [-0.39, 0.29) is 11.2 Å². The van der Waals surface area contributed by atoms with Crippen molar-refractivity contribution in [1.29, 1.82) is 5.41 Å². The Hall–Kier alpha value is -1.38. The van der Waals surface area contributed by atoms with Crippen molar-refractivity contribution in [2.45, 2.75) is 38.5 Å². The Balaban J connectivity index is 2.18. The van der Waals surface area contributed by atoms with Crippen LogP contribution in [-0.2, 0) is 5.41 Å². The molecule has 18 heavy (non-hydrogen) atoms. The van der Waals surface area contributed by atoms with Crippen LogP contribution in [0.25, 0.3) is 0 Å². The fourth-order valence-corrected chi connectivity index (χ4v) is 2.52. The Labute approximate surface area is 108 Å². The largest absolute Gasteiger partial charge is 0.360 e. The maximum Gasteiger partial charge on any atom is 0.123 e. The van der Waals surface area contributed by atoms with Gasteiger partial charge in [-0.2, -0.15) is 0 Å². The van der Waals surface area contributed by atoms with Crippen LogP contribution in [0.3, 0.4) is 0 Å². The summed E-state index contributed by atoms with van der Waals surface area (Å²) in [7, 11) is 0. The van der Waals surface area contributed by atoms with E-state index < -0.39 is 0 Å². The zero-order chi connectivity index (χ0) is 13.2. The quantitative estimate of drug-likeness (QED) is 0.628. The monoisotopic (exact) mass is 248 g/mol. The van der Waals surface area contributed by atoms with Gasteiger partial charge in [0.15, 0.2) is 0 Å². The number of amidine groups is 1. The highest BCUT2D eigenvalue weighted by Crippen LogP contribution is 2.27. The molecule has 1 aliphatic rings. The highest BCUT2D eigenvalue weighted by atomic mass is 19.1. The molecular weight excluding hydrogens is 227 g/mol. The lowest BCUT2D eigenvalue weighted by Crippen LogP contribution is -2.45. The van der Waals surface area contributed by atoms with Crippen molar-refractivity contribution in [3.8, 4) is 0 Å². The first-order valence-electron chi connectivity index (χ1n) is 6.62. The van der Waals surface area contributed by atoms with Crippen molar-refractivity contribution in [2.75, 3.05) is 13.1 Å². The minimum Gasteiger partial charge on any atom is -0.360 e. The molecule has 1 fully saturated rings. The van der Waals surface area contributed by atoms with Crippen LogP contribution in [-0.4, -0.2) is 23.8 Å². The van der Waals surface area contributed by atoms with Crippen LogP contribution in [0.2, 0.25) is 0 Å². The van der Waals surface area contributed by atoms with E-state index in [1.807, 2.05) is 13.8 Å². The number of rotatable bonds is 2.